The number of carbonyl (C=O) groups excluding carboxylic acids is 2. The van der Waals surface area contributed by atoms with Gasteiger partial charge in [0.25, 0.3) is 5.91 Å². The van der Waals surface area contributed by atoms with Crippen LogP contribution in [-0.4, -0.2) is 41.0 Å². The van der Waals surface area contributed by atoms with Crippen LogP contribution >= 0.6 is 0 Å². The molecule has 1 saturated heterocycles. The van der Waals surface area contributed by atoms with Crippen LogP contribution in [0, 0.1) is 6.92 Å². The molecule has 1 aliphatic heterocycles. The second-order valence-corrected chi connectivity index (χ2v) is 8.27. The lowest BCUT2D eigenvalue weighted by Gasteiger charge is -2.33. The molecular formula is C27H29N3O3. The average Bonchev–Trinajstić information content (AvgIpc) is 3.37. The molecule has 33 heavy (non-hydrogen) atoms. The van der Waals surface area contributed by atoms with Crippen LogP contribution in [0.15, 0.2) is 79.0 Å². The fourth-order valence-electron chi connectivity index (χ4n) is 4.18. The van der Waals surface area contributed by atoms with Gasteiger partial charge >= 0.3 is 0 Å². The monoisotopic (exact) mass is 443 g/mol. The summed E-state index contributed by atoms with van der Waals surface area (Å²) in [4.78, 5) is 33.2. The van der Waals surface area contributed by atoms with Gasteiger partial charge in [0.15, 0.2) is 0 Å². The van der Waals surface area contributed by atoms with Crippen molar-refractivity contribution >= 4 is 11.8 Å². The Labute approximate surface area is 194 Å². The van der Waals surface area contributed by atoms with Crippen molar-refractivity contribution < 1.29 is 14.3 Å². The average molecular weight is 444 g/mol. The Hall–Kier alpha value is -3.51. The van der Waals surface area contributed by atoms with E-state index in [0.29, 0.717) is 25.4 Å². The third kappa shape index (κ3) is 5.65. The lowest BCUT2D eigenvalue weighted by Crippen LogP contribution is -2.47. The Bertz CT molecular complexity index is 1070. The van der Waals surface area contributed by atoms with E-state index in [4.69, 9.17) is 4.74 Å². The van der Waals surface area contributed by atoms with Crippen molar-refractivity contribution in [2.75, 3.05) is 13.2 Å². The molecule has 6 nitrogen and oxygen atoms in total. The van der Waals surface area contributed by atoms with Gasteiger partial charge in [0.05, 0.1) is 6.10 Å². The van der Waals surface area contributed by atoms with Crippen molar-refractivity contribution in [3.8, 4) is 0 Å². The maximum absolute atomic E-state index is 13.7. The first kappa shape index (κ1) is 22.7. The summed E-state index contributed by atoms with van der Waals surface area (Å²) in [5, 5.41) is 3.04. The quantitative estimate of drug-likeness (QED) is 0.570. The Morgan fingerprint density at radius 1 is 1.06 bits per heavy atom. The Kier molecular flexibility index (Phi) is 7.47. The van der Waals surface area contributed by atoms with Gasteiger partial charge in [-0.25, -0.2) is 0 Å². The van der Waals surface area contributed by atoms with E-state index in [1.807, 2.05) is 61.5 Å². The fourth-order valence-corrected chi connectivity index (χ4v) is 4.18. The molecule has 0 saturated carbocycles. The van der Waals surface area contributed by atoms with Crippen molar-refractivity contribution in [2.24, 2.45) is 0 Å². The van der Waals surface area contributed by atoms with Crippen molar-refractivity contribution in [3.63, 3.8) is 0 Å². The number of pyridine rings is 1. The van der Waals surface area contributed by atoms with Gasteiger partial charge in [0, 0.05) is 25.9 Å². The van der Waals surface area contributed by atoms with Crippen molar-refractivity contribution in [3.05, 3.63) is 101 Å². The SMILES string of the molecule is Cc1ccccc1[C@H](C(=O)NCc1ccccc1)N(C[C@H]1CCCO1)C(=O)c1ccccn1. The van der Waals surface area contributed by atoms with Gasteiger partial charge in [-0.15, -0.1) is 0 Å². The first-order valence-corrected chi connectivity index (χ1v) is 11.3. The van der Waals surface area contributed by atoms with Gasteiger partial charge in [-0.05, 0) is 48.6 Å². The molecule has 6 heteroatoms. The molecule has 1 aliphatic rings. The zero-order valence-electron chi connectivity index (χ0n) is 18.8. The second-order valence-electron chi connectivity index (χ2n) is 8.27. The summed E-state index contributed by atoms with van der Waals surface area (Å²) in [6.07, 6.45) is 3.30. The summed E-state index contributed by atoms with van der Waals surface area (Å²) in [5.41, 5.74) is 3.05. The maximum atomic E-state index is 13.7. The van der Waals surface area contributed by atoms with Crippen LogP contribution in [-0.2, 0) is 16.1 Å². The number of benzene rings is 2. The molecule has 0 bridgehead atoms. The summed E-state index contributed by atoms with van der Waals surface area (Å²) in [6, 6.07) is 21.9. The number of aryl methyl sites for hydroxylation is 1. The van der Waals surface area contributed by atoms with Crippen molar-refractivity contribution in [2.45, 2.75) is 38.5 Å². The highest BCUT2D eigenvalue weighted by atomic mass is 16.5. The summed E-state index contributed by atoms with van der Waals surface area (Å²) in [6.45, 7) is 3.34. The predicted molar refractivity (Wildman–Crippen MR) is 126 cm³/mol. The minimum Gasteiger partial charge on any atom is -0.376 e. The van der Waals surface area contributed by atoms with E-state index in [-0.39, 0.29) is 17.9 Å². The molecule has 2 aromatic carbocycles. The number of amides is 2. The molecule has 0 radical (unpaired) electrons. The first-order chi connectivity index (χ1) is 16.1. The Morgan fingerprint density at radius 3 is 2.52 bits per heavy atom. The molecular weight excluding hydrogens is 414 g/mol. The third-order valence-corrected chi connectivity index (χ3v) is 5.92. The zero-order valence-corrected chi connectivity index (χ0v) is 18.8. The topological polar surface area (TPSA) is 71.5 Å². The van der Waals surface area contributed by atoms with Crippen LogP contribution in [0.5, 0.6) is 0 Å². The first-order valence-electron chi connectivity index (χ1n) is 11.3. The number of rotatable bonds is 8. The summed E-state index contributed by atoms with van der Waals surface area (Å²) >= 11 is 0. The van der Waals surface area contributed by atoms with Gasteiger partial charge in [-0.2, -0.15) is 0 Å². The number of nitrogens with zero attached hydrogens (tertiary/aromatic N) is 2. The summed E-state index contributed by atoms with van der Waals surface area (Å²) < 4.78 is 5.85. The Balaban J connectivity index is 1.69. The lowest BCUT2D eigenvalue weighted by molar-refractivity contribution is -0.126. The number of ether oxygens (including phenoxy) is 1. The van der Waals surface area contributed by atoms with Gasteiger partial charge in [0.1, 0.15) is 11.7 Å². The van der Waals surface area contributed by atoms with E-state index in [1.54, 1.807) is 29.3 Å². The van der Waals surface area contributed by atoms with Crippen molar-refractivity contribution in [1.29, 1.82) is 0 Å². The van der Waals surface area contributed by atoms with Crippen LogP contribution in [0.3, 0.4) is 0 Å². The molecule has 0 aliphatic carbocycles. The summed E-state index contributed by atoms with van der Waals surface area (Å²) in [7, 11) is 0. The maximum Gasteiger partial charge on any atom is 0.273 e. The van der Waals surface area contributed by atoms with Crippen LogP contribution in [0.1, 0.15) is 46.1 Å². The molecule has 1 aromatic heterocycles. The number of nitrogens with one attached hydrogen (secondary N) is 1. The minimum atomic E-state index is -0.798. The minimum absolute atomic E-state index is 0.105. The van der Waals surface area contributed by atoms with E-state index in [9.17, 15) is 9.59 Å². The predicted octanol–water partition coefficient (Wildman–Crippen LogP) is 4.07. The highest BCUT2D eigenvalue weighted by Crippen LogP contribution is 2.28. The number of carbonyl (C=O) groups is 2. The van der Waals surface area contributed by atoms with E-state index in [2.05, 4.69) is 10.3 Å². The Morgan fingerprint density at radius 2 is 1.82 bits per heavy atom. The van der Waals surface area contributed by atoms with Crippen LogP contribution in [0.4, 0.5) is 0 Å². The number of hydrogen-bond donors (Lipinski definition) is 1. The van der Waals surface area contributed by atoms with E-state index in [1.165, 1.54) is 0 Å². The van der Waals surface area contributed by atoms with Gasteiger partial charge < -0.3 is 15.0 Å². The molecule has 170 valence electrons. The van der Waals surface area contributed by atoms with Crippen LogP contribution < -0.4 is 5.32 Å². The molecule has 2 amide bonds. The number of hydrogen-bond acceptors (Lipinski definition) is 4. The smallest absolute Gasteiger partial charge is 0.273 e. The van der Waals surface area contributed by atoms with Gasteiger partial charge in [-0.3, -0.25) is 14.6 Å². The lowest BCUT2D eigenvalue weighted by atomic mass is 9.97. The molecule has 4 rings (SSSR count). The molecule has 0 spiro atoms. The molecule has 1 N–H and O–H groups in total. The zero-order chi connectivity index (χ0) is 23.0. The molecule has 1 fully saturated rings. The molecule has 2 heterocycles. The van der Waals surface area contributed by atoms with E-state index in [0.717, 1.165) is 29.5 Å². The summed E-state index contributed by atoms with van der Waals surface area (Å²) in [5.74, 6) is -0.510. The van der Waals surface area contributed by atoms with Crippen molar-refractivity contribution in [1.82, 2.24) is 15.2 Å². The van der Waals surface area contributed by atoms with E-state index < -0.39 is 6.04 Å². The molecule has 0 unspecified atom stereocenters. The standard InChI is InChI=1S/C27H29N3O3/c1-20-10-5-6-14-23(20)25(26(31)29-18-21-11-3-2-4-12-21)30(19-22-13-9-17-33-22)27(32)24-15-7-8-16-28-24/h2-8,10-12,14-16,22,25H,9,13,17-19H2,1H3,(H,29,31)/t22-,25-/m1/s1. The van der Waals surface area contributed by atoms with Gasteiger partial charge in [-0.1, -0.05) is 60.7 Å². The van der Waals surface area contributed by atoms with Crippen LogP contribution in [0.2, 0.25) is 0 Å². The highest BCUT2D eigenvalue weighted by Gasteiger charge is 2.35. The highest BCUT2D eigenvalue weighted by molar-refractivity contribution is 5.96. The van der Waals surface area contributed by atoms with E-state index >= 15 is 0 Å². The normalized spacial score (nSPS) is 16.2. The largest absolute Gasteiger partial charge is 0.376 e. The van der Waals surface area contributed by atoms with Gasteiger partial charge in [0.2, 0.25) is 5.91 Å². The fraction of sp³-hybridized carbons (Fsp3) is 0.296. The number of aromatic nitrogens is 1. The third-order valence-electron chi connectivity index (χ3n) is 5.92. The second kappa shape index (κ2) is 10.9. The molecule has 2 atom stereocenters. The molecule has 3 aromatic rings. The van der Waals surface area contributed by atoms with Crippen LogP contribution in [0.25, 0.3) is 0 Å².